The highest BCUT2D eigenvalue weighted by Crippen LogP contribution is 2.24. The van der Waals surface area contributed by atoms with Crippen molar-refractivity contribution >= 4 is 17.3 Å². The molecule has 4 nitrogen and oxygen atoms in total. The van der Waals surface area contributed by atoms with Crippen LogP contribution in [0.5, 0.6) is 0 Å². The van der Waals surface area contributed by atoms with Crippen molar-refractivity contribution in [2.24, 2.45) is 0 Å². The molecule has 2 rings (SSSR count). The summed E-state index contributed by atoms with van der Waals surface area (Å²) >= 11 is 6.13. The standard InChI is InChI=1S/C15H20ClN3O/c1-20-8-7-19(11-13-3-2-6-18-13)14-5-4-12(10-17)15(16)9-14/h4-5,9,13,18H,2-3,6-8,11H2,1H3. The maximum absolute atomic E-state index is 8.94. The molecule has 1 unspecified atom stereocenters. The highest BCUT2D eigenvalue weighted by molar-refractivity contribution is 6.32. The monoisotopic (exact) mass is 293 g/mol. The zero-order valence-corrected chi connectivity index (χ0v) is 12.5. The van der Waals surface area contributed by atoms with Crippen molar-refractivity contribution in [3.05, 3.63) is 28.8 Å². The summed E-state index contributed by atoms with van der Waals surface area (Å²) < 4.78 is 5.19. The van der Waals surface area contributed by atoms with E-state index in [4.69, 9.17) is 21.6 Å². The van der Waals surface area contributed by atoms with Crippen molar-refractivity contribution in [3.8, 4) is 6.07 Å². The Balaban J connectivity index is 2.12. The Morgan fingerprint density at radius 2 is 2.40 bits per heavy atom. The van der Waals surface area contributed by atoms with Crippen molar-refractivity contribution < 1.29 is 4.74 Å². The van der Waals surface area contributed by atoms with E-state index in [1.165, 1.54) is 12.8 Å². The van der Waals surface area contributed by atoms with Gasteiger partial charge in [-0.15, -0.1) is 0 Å². The van der Waals surface area contributed by atoms with E-state index in [-0.39, 0.29) is 0 Å². The first-order chi connectivity index (χ1) is 9.74. The van der Waals surface area contributed by atoms with Crippen LogP contribution < -0.4 is 10.2 Å². The van der Waals surface area contributed by atoms with E-state index in [0.717, 1.165) is 25.3 Å². The number of ether oxygens (including phenoxy) is 1. The summed E-state index contributed by atoms with van der Waals surface area (Å²) in [6.07, 6.45) is 2.43. The van der Waals surface area contributed by atoms with Gasteiger partial charge in [-0.1, -0.05) is 11.6 Å². The van der Waals surface area contributed by atoms with Crippen LogP contribution >= 0.6 is 11.6 Å². The Labute approximate surface area is 125 Å². The van der Waals surface area contributed by atoms with Gasteiger partial charge in [-0.3, -0.25) is 0 Å². The van der Waals surface area contributed by atoms with Crippen molar-refractivity contribution in [1.29, 1.82) is 5.26 Å². The summed E-state index contributed by atoms with van der Waals surface area (Å²) in [5, 5.41) is 13.0. The molecule has 1 fully saturated rings. The van der Waals surface area contributed by atoms with Crippen molar-refractivity contribution in [3.63, 3.8) is 0 Å². The van der Waals surface area contributed by atoms with Gasteiger partial charge in [0.15, 0.2) is 0 Å². The lowest BCUT2D eigenvalue weighted by molar-refractivity contribution is 0.204. The van der Waals surface area contributed by atoms with Crippen LogP contribution in [-0.2, 0) is 4.74 Å². The van der Waals surface area contributed by atoms with Gasteiger partial charge in [-0.05, 0) is 37.6 Å². The topological polar surface area (TPSA) is 48.3 Å². The molecule has 0 spiro atoms. The van der Waals surface area contributed by atoms with Gasteiger partial charge in [0.25, 0.3) is 0 Å². The molecule has 108 valence electrons. The second-order valence-electron chi connectivity index (χ2n) is 5.01. The number of hydrogen-bond donors (Lipinski definition) is 1. The molecule has 0 amide bonds. The number of hydrogen-bond acceptors (Lipinski definition) is 4. The summed E-state index contributed by atoms with van der Waals surface area (Å²) in [5.41, 5.74) is 1.56. The van der Waals surface area contributed by atoms with Gasteiger partial charge >= 0.3 is 0 Å². The molecular weight excluding hydrogens is 274 g/mol. The number of nitriles is 1. The van der Waals surface area contributed by atoms with Crippen LogP contribution in [0.15, 0.2) is 18.2 Å². The van der Waals surface area contributed by atoms with Gasteiger partial charge in [0.1, 0.15) is 6.07 Å². The summed E-state index contributed by atoms with van der Waals surface area (Å²) in [6.45, 7) is 3.52. The van der Waals surface area contributed by atoms with Gasteiger partial charge in [0, 0.05) is 31.9 Å². The van der Waals surface area contributed by atoms with E-state index in [9.17, 15) is 0 Å². The number of halogens is 1. The molecule has 1 aliphatic heterocycles. The first-order valence-electron chi connectivity index (χ1n) is 6.91. The fourth-order valence-electron chi connectivity index (χ4n) is 2.50. The number of rotatable bonds is 6. The largest absolute Gasteiger partial charge is 0.383 e. The van der Waals surface area contributed by atoms with E-state index in [0.29, 0.717) is 23.2 Å². The van der Waals surface area contributed by atoms with Gasteiger partial charge in [-0.2, -0.15) is 5.26 Å². The van der Waals surface area contributed by atoms with E-state index >= 15 is 0 Å². The fourth-order valence-corrected chi connectivity index (χ4v) is 2.71. The van der Waals surface area contributed by atoms with Crippen LogP contribution in [0.2, 0.25) is 5.02 Å². The molecule has 0 aromatic heterocycles. The number of anilines is 1. The Morgan fingerprint density at radius 3 is 3.00 bits per heavy atom. The lowest BCUT2D eigenvalue weighted by Gasteiger charge is -2.28. The zero-order valence-electron chi connectivity index (χ0n) is 11.7. The predicted octanol–water partition coefficient (Wildman–Crippen LogP) is 2.42. The third kappa shape index (κ3) is 3.86. The molecule has 0 saturated carbocycles. The molecule has 1 aliphatic rings. The van der Waals surface area contributed by atoms with Crippen molar-refractivity contribution in [1.82, 2.24) is 5.32 Å². The third-order valence-electron chi connectivity index (χ3n) is 3.61. The smallest absolute Gasteiger partial charge is 0.101 e. The molecular formula is C15H20ClN3O. The molecule has 1 N–H and O–H groups in total. The first-order valence-corrected chi connectivity index (χ1v) is 7.29. The zero-order chi connectivity index (χ0) is 14.4. The van der Waals surface area contributed by atoms with Gasteiger partial charge in [-0.25, -0.2) is 0 Å². The number of methoxy groups -OCH3 is 1. The minimum atomic E-state index is 0.506. The second kappa shape index (κ2) is 7.49. The van der Waals surface area contributed by atoms with E-state index in [1.54, 1.807) is 13.2 Å². The van der Waals surface area contributed by atoms with E-state index in [2.05, 4.69) is 16.3 Å². The van der Waals surface area contributed by atoms with E-state index < -0.39 is 0 Å². The molecule has 5 heteroatoms. The van der Waals surface area contributed by atoms with Crippen LogP contribution in [0.4, 0.5) is 5.69 Å². The van der Waals surface area contributed by atoms with Gasteiger partial charge in [0.05, 0.1) is 17.2 Å². The average Bonchev–Trinajstić information content (AvgIpc) is 2.96. The lowest BCUT2D eigenvalue weighted by Crippen LogP contribution is -2.39. The van der Waals surface area contributed by atoms with Crippen LogP contribution in [0.3, 0.4) is 0 Å². The summed E-state index contributed by atoms with van der Waals surface area (Å²) in [7, 11) is 1.71. The summed E-state index contributed by atoms with van der Waals surface area (Å²) in [5.74, 6) is 0. The molecule has 1 aromatic carbocycles. The average molecular weight is 294 g/mol. The quantitative estimate of drug-likeness (QED) is 0.875. The number of nitrogens with one attached hydrogen (secondary N) is 1. The normalized spacial score (nSPS) is 17.9. The fraction of sp³-hybridized carbons (Fsp3) is 0.533. The summed E-state index contributed by atoms with van der Waals surface area (Å²) in [6, 6.07) is 8.20. The van der Waals surface area contributed by atoms with Crippen molar-refractivity contribution in [2.45, 2.75) is 18.9 Å². The second-order valence-corrected chi connectivity index (χ2v) is 5.42. The van der Waals surface area contributed by atoms with Gasteiger partial charge < -0.3 is 15.0 Å². The Hall–Kier alpha value is -1.28. The Bertz CT molecular complexity index is 480. The number of nitrogens with zero attached hydrogens (tertiary/aromatic N) is 2. The minimum Gasteiger partial charge on any atom is -0.383 e. The molecule has 1 aromatic rings. The summed E-state index contributed by atoms with van der Waals surface area (Å²) in [4.78, 5) is 2.26. The maximum Gasteiger partial charge on any atom is 0.101 e. The lowest BCUT2D eigenvalue weighted by atomic mass is 10.1. The molecule has 0 radical (unpaired) electrons. The molecule has 0 bridgehead atoms. The van der Waals surface area contributed by atoms with Crippen molar-refractivity contribution in [2.75, 3.05) is 38.3 Å². The maximum atomic E-state index is 8.94. The molecule has 1 saturated heterocycles. The Morgan fingerprint density at radius 1 is 1.55 bits per heavy atom. The Kier molecular flexibility index (Phi) is 5.66. The molecule has 1 heterocycles. The first kappa shape index (κ1) is 15.1. The molecule has 20 heavy (non-hydrogen) atoms. The van der Waals surface area contributed by atoms with Gasteiger partial charge in [0.2, 0.25) is 0 Å². The van der Waals surface area contributed by atoms with Crippen LogP contribution in [0.1, 0.15) is 18.4 Å². The predicted molar refractivity (Wildman–Crippen MR) is 81.3 cm³/mol. The number of benzene rings is 1. The third-order valence-corrected chi connectivity index (χ3v) is 3.92. The molecule has 1 atom stereocenters. The highest BCUT2D eigenvalue weighted by Gasteiger charge is 2.18. The minimum absolute atomic E-state index is 0.506. The van der Waals surface area contributed by atoms with E-state index in [1.807, 2.05) is 12.1 Å². The van der Waals surface area contributed by atoms with Crippen LogP contribution in [0.25, 0.3) is 0 Å². The SMILES string of the molecule is COCCN(CC1CCCN1)c1ccc(C#N)c(Cl)c1. The van der Waals surface area contributed by atoms with Crippen LogP contribution in [-0.4, -0.2) is 39.4 Å². The van der Waals surface area contributed by atoms with Crippen LogP contribution in [0, 0.1) is 11.3 Å². The molecule has 0 aliphatic carbocycles. The highest BCUT2D eigenvalue weighted by atomic mass is 35.5.